The SMILES string of the molecule is Cc1c(O)coc1C(=O)O. The molecule has 0 aliphatic rings. The Bertz CT molecular complexity index is 261. The van der Waals surface area contributed by atoms with Gasteiger partial charge in [-0.15, -0.1) is 0 Å². The summed E-state index contributed by atoms with van der Waals surface area (Å²) in [6.45, 7) is 1.47. The summed E-state index contributed by atoms with van der Waals surface area (Å²) in [5.41, 5.74) is 0.257. The highest BCUT2D eigenvalue weighted by Crippen LogP contribution is 2.21. The van der Waals surface area contributed by atoms with Gasteiger partial charge in [0.05, 0.1) is 0 Å². The minimum Gasteiger partial charge on any atom is -0.504 e. The molecule has 1 heterocycles. The first kappa shape index (κ1) is 6.67. The Morgan fingerprint density at radius 2 is 2.30 bits per heavy atom. The van der Waals surface area contributed by atoms with E-state index >= 15 is 0 Å². The van der Waals surface area contributed by atoms with Crippen LogP contribution in [-0.2, 0) is 0 Å². The van der Waals surface area contributed by atoms with E-state index < -0.39 is 5.97 Å². The Kier molecular flexibility index (Phi) is 1.37. The molecule has 54 valence electrons. The molecule has 0 saturated carbocycles. The Morgan fingerprint density at radius 3 is 2.50 bits per heavy atom. The van der Waals surface area contributed by atoms with Gasteiger partial charge in [0, 0.05) is 5.56 Å². The van der Waals surface area contributed by atoms with Crippen LogP contribution in [0.25, 0.3) is 0 Å². The van der Waals surface area contributed by atoms with Crippen molar-refractivity contribution in [3.63, 3.8) is 0 Å². The molecule has 0 atom stereocenters. The topological polar surface area (TPSA) is 70.7 Å². The fourth-order valence-electron chi connectivity index (χ4n) is 0.619. The number of aromatic carboxylic acids is 1. The fourth-order valence-corrected chi connectivity index (χ4v) is 0.619. The number of carboxylic acid groups (broad SMARTS) is 1. The Labute approximate surface area is 56.7 Å². The number of rotatable bonds is 1. The molecule has 2 N–H and O–H groups in total. The normalized spacial score (nSPS) is 9.70. The first-order chi connectivity index (χ1) is 4.63. The van der Waals surface area contributed by atoms with E-state index in [0.29, 0.717) is 0 Å². The van der Waals surface area contributed by atoms with E-state index in [9.17, 15) is 4.79 Å². The van der Waals surface area contributed by atoms with Crippen molar-refractivity contribution in [2.75, 3.05) is 0 Å². The summed E-state index contributed by atoms with van der Waals surface area (Å²) in [6, 6.07) is 0. The Balaban J connectivity index is 3.17. The maximum Gasteiger partial charge on any atom is 0.372 e. The number of carbonyl (C=O) groups is 1. The zero-order chi connectivity index (χ0) is 7.72. The highest BCUT2D eigenvalue weighted by atomic mass is 16.4. The molecule has 1 aromatic heterocycles. The lowest BCUT2D eigenvalue weighted by Gasteiger charge is -1.87. The van der Waals surface area contributed by atoms with E-state index in [4.69, 9.17) is 10.2 Å². The third kappa shape index (κ3) is 0.834. The number of aromatic hydroxyl groups is 1. The molecule has 0 amide bonds. The second-order valence-electron chi connectivity index (χ2n) is 1.88. The molecule has 0 spiro atoms. The van der Waals surface area contributed by atoms with Crippen LogP contribution in [0.5, 0.6) is 5.75 Å². The summed E-state index contributed by atoms with van der Waals surface area (Å²) in [4.78, 5) is 10.2. The number of hydrogen-bond donors (Lipinski definition) is 2. The molecule has 0 aliphatic carbocycles. The van der Waals surface area contributed by atoms with Gasteiger partial charge in [0.2, 0.25) is 5.76 Å². The largest absolute Gasteiger partial charge is 0.504 e. The van der Waals surface area contributed by atoms with Gasteiger partial charge in [0.1, 0.15) is 6.26 Å². The predicted octanol–water partition coefficient (Wildman–Crippen LogP) is 0.992. The van der Waals surface area contributed by atoms with Crippen LogP contribution in [-0.4, -0.2) is 16.2 Å². The number of furan rings is 1. The van der Waals surface area contributed by atoms with Gasteiger partial charge in [0.15, 0.2) is 5.75 Å². The standard InChI is InChI=1S/C6H6O4/c1-3-4(7)2-10-5(3)6(8)9/h2,7H,1H3,(H,8,9). The third-order valence-corrected chi connectivity index (χ3v) is 1.21. The minimum absolute atomic E-state index is 0.127. The summed E-state index contributed by atoms with van der Waals surface area (Å²) in [6.07, 6.45) is 0.999. The second kappa shape index (κ2) is 2.06. The highest BCUT2D eigenvalue weighted by molar-refractivity contribution is 5.86. The van der Waals surface area contributed by atoms with E-state index in [-0.39, 0.29) is 17.1 Å². The van der Waals surface area contributed by atoms with Crippen LogP contribution in [0.4, 0.5) is 0 Å². The molecule has 1 aromatic rings. The first-order valence-corrected chi connectivity index (χ1v) is 2.63. The molecule has 1 rings (SSSR count). The first-order valence-electron chi connectivity index (χ1n) is 2.63. The van der Waals surface area contributed by atoms with Crippen LogP contribution in [0.3, 0.4) is 0 Å². The monoisotopic (exact) mass is 142 g/mol. The maximum absolute atomic E-state index is 10.2. The van der Waals surface area contributed by atoms with Crippen LogP contribution >= 0.6 is 0 Å². The van der Waals surface area contributed by atoms with Crippen LogP contribution in [0.2, 0.25) is 0 Å². The minimum atomic E-state index is -1.17. The molecule has 0 aliphatic heterocycles. The Hall–Kier alpha value is -1.45. The summed E-state index contributed by atoms with van der Waals surface area (Å²) >= 11 is 0. The molecule has 0 aromatic carbocycles. The molecule has 0 radical (unpaired) electrons. The van der Waals surface area contributed by atoms with E-state index in [2.05, 4.69) is 4.42 Å². The summed E-state index contributed by atoms with van der Waals surface area (Å²) in [7, 11) is 0. The van der Waals surface area contributed by atoms with Crippen molar-refractivity contribution in [1.29, 1.82) is 0 Å². The molecular formula is C6H6O4. The lowest BCUT2D eigenvalue weighted by molar-refractivity contribution is 0.0661. The predicted molar refractivity (Wildman–Crippen MR) is 32.1 cm³/mol. The molecule has 0 bridgehead atoms. The molecule has 4 heteroatoms. The van der Waals surface area contributed by atoms with Gasteiger partial charge in [-0.2, -0.15) is 0 Å². The highest BCUT2D eigenvalue weighted by Gasteiger charge is 2.14. The molecular weight excluding hydrogens is 136 g/mol. The Morgan fingerprint density at radius 1 is 1.70 bits per heavy atom. The average molecular weight is 142 g/mol. The van der Waals surface area contributed by atoms with Gasteiger partial charge < -0.3 is 14.6 Å². The van der Waals surface area contributed by atoms with Crippen molar-refractivity contribution in [1.82, 2.24) is 0 Å². The second-order valence-corrected chi connectivity index (χ2v) is 1.88. The zero-order valence-electron chi connectivity index (χ0n) is 5.29. The summed E-state index contributed by atoms with van der Waals surface area (Å²) in [5.74, 6) is -1.51. The van der Waals surface area contributed by atoms with Crippen molar-refractivity contribution in [2.24, 2.45) is 0 Å². The van der Waals surface area contributed by atoms with Crippen molar-refractivity contribution < 1.29 is 19.4 Å². The van der Waals surface area contributed by atoms with Crippen molar-refractivity contribution in [2.45, 2.75) is 6.92 Å². The lowest BCUT2D eigenvalue weighted by Crippen LogP contribution is -1.94. The fraction of sp³-hybridized carbons (Fsp3) is 0.167. The van der Waals surface area contributed by atoms with Gasteiger partial charge in [-0.25, -0.2) is 4.79 Å². The maximum atomic E-state index is 10.2. The molecule has 0 saturated heterocycles. The summed E-state index contributed by atoms with van der Waals surface area (Å²) in [5, 5.41) is 17.2. The quantitative estimate of drug-likeness (QED) is 0.613. The van der Waals surface area contributed by atoms with Crippen molar-refractivity contribution >= 4 is 5.97 Å². The van der Waals surface area contributed by atoms with Gasteiger partial charge in [-0.05, 0) is 6.92 Å². The van der Waals surface area contributed by atoms with Crippen molar-refractivity contribution in [3.8, 4) is 5.75 Å². The van der Waals surface area contributed by atoms with Crippen LogP contribution in [0.1, 0.15) is 16.1 Å². The van der Waals surface area contributed by atoms with Crippen LogP contribution < -0.4 is 0 Å². The van der Waals surface area contributed by atoms with E-state index in [1.807, 2.05) is 0 Å². The van der Waals surface area contributed by atoms with Crippen LogP contribution in [0, 0.1) is 6.92 Å². The van der Waals surface area contributed by atoms with Gasteiger partial charge in [-0.1, -0.05) is 0 Å². The summed E-state index contributed by atoms with van der Waals surface area (Å²) < 4.78 is 4.51. The molecule has 0 fully saturated rings. The molecule has 4 nitrogen and oxygen atoms in total. The number of hydrogen-bond acceptors (Lipinski definition) is 3. The molecule has 10 heavy (non-hydrogen) atoms. The van der Waals surface area contributed by atoms with Gasteiger partial charge >= 0.3 is 5.97 Å². The third-order valence-electron chi connectivity index (χ3n) is 1.21. The van der Waals surface area contributed by atoms with Gasteiger partial charge in [-0.3, -0.25) is 0 Å². The zero-order valence-corrected chi connectivity index (χ0v) is 5.29. The average Bonchev–Trinajstić information content (AvgIpc) is 2.14. The smallest absolute Gasteiger partial charge is 0.372 e. The lowest BCUT2D eigenvalue weighted by atomic mass is 10.3. The van der Waals surface area contributed by atoms with Gasteiger partial charge in [0.25, 0.3) is 0 Å². The van der Waals surface area contributed by atoms with E-state index in [1.165, 1.54) is 6.92 Å². The van der Waals surface area contributed by atoms with Crippen molar-refractivity contribution in [3.05, 3.63) is 17.6 Å². The van der Waals surface area contributed by atoms with E-state index in [1.54, 1.807) is 0 Å². The van der Waals surface area contributed by atoms with E-state index in [0.717, 1.165) is 6.26 Å². The molecule has 0 unspecified atom stereocenters. The number of carboxylic acids is 1. The van der Waals surface area contributed by atoms with Crippen LogP contribution in [0.15, 0.2) is 10.7 Å².